The smallest absolute Gasteiger partial charge is 0.231 e. The lowest BCUT2D eigenvalue weighted by Crippen LogP contribution is -2.36. The van der Waals surface area contributed by atoms with Gasteiger partial charge in [-0.15, -0.1) is 0 Å². The van der Waals surface area contributed by atoms with Crippen molar-refractivity contribution in [3.63, 3.8) is 0 Å². The number of hydrogen-bond acceptors (Lipinski definition) is 8. The van der Waals surface area contributed by atoms with Crippen LogP contribution in [0.2, 0.25) is 0 Å². The summed E-state index contributed by atoms with van der Waals surface area (Å²) < 4.78 is 16.2. The molecule has 0 bridgehead atoms. The fourth-order valence-electron chi connectivity index (χ4n) is 3.51. The van der Waals surface area contributed by atoms with Crippen molar-refractivity contribution in [2.24, 2.45) is 0 Å². The summed E-state index contributed by atoms with van der Waals surface area (Å²) in [5.74, 6) is 1.87. The highest BCUT2D eigenvalue weighted by Gasteiger charge is 2.15. The van der Waals surface area contributed by atoms with Crippen LogP contribution in [0.5, 0.6) is 11.5 Å². The normalized spacial score (nSPS) is 15.0. The number of ether oxygens (including phenoxy) is 3. The van der Waals surface area contributed by atoms with E-state index in [4.69, 9.17) is 14.2 Å². The summed E-state index contributed by atoms with van der Waals surface area (Å²) in [5.41, 5.74) is 4.00. The third-order valence-corrected chi connectivity index (χ3v) is 5.00. The molecule has 8 heteroatoms. The molecule has 0 amide bonds. The van der Waals surface area contributed by atoms with Gasteiger partial charge in [0, 0.05) is 42.3 Å². The first-order valence-electron chi connectivity index (χ1n) is 9.66. The van der Waals surface area contributed by atoms with Crippen LogP contribution in [0.15, 0.2) is 48.7 Å². The SMILES string of the molecule is N#Cc1cc(-c2ccnc(Nc3ccc4c(c3)OCO4)n2)cc(N2CCOCC2)c1. The Morgan fingerprint density at radius 1 is 1.00 bits per heavy atom. The van der Waals surface area contributed by atoms with Crippen molar-refractivity contribution in [1.82, 2.24) is 9.97 Å². The van der Waals surface area contributed by atoms with Crippen LogP contribution < -0.4 is 19.7 Å². The first-order valence-corrected chi connectivity index (χ1v) is 9.66. The first kappa shape index (κ1) is 18.2. The van der Waals surface area contributed by atoms with Gasteiger partial charge in [-0.05, 0) is 36.4 Å². The van der Waals surface area contributed by atoms with Crippen molar-refractivity contribution in [2.45, 2.75) is 0 Å². The zero-order chi connectivity index (χ0) is 20.3. The molecule has 0 aliphatic carbocycles. The van der Waals surface area contributed by atoms with E-state index in [1.54, 1.807) is 6.20 Å². The summed E-state index contributed by atoms with van der Waals surface area (Å²) >= 11 is 0. The van der Waals surface area contributed by atoms with Crippen LogP contribution in [0.1, 0.15) is 5.56 Å². The molecule has 0 saturated carbocycles. The molecule has 1 fully saturated rings. The van der Waals surface area contributed by atoms with Gasteiger partial charge in [-0.2, -0.15) is 5.26 Å². The quantitative estimate of drug-likeness (QED) is 0.712. The zero-order valence-corrected chi connectivity index (χ0v) is 16.2. The van der Waals surface area contributed by atoms with E-state index in [2.05, 4.69) is 32.3 Å². The number of hydrogen-bond donors (Lipinski definition) is 1. The molecule has 0 unspecified atom stereocenters. The maximum absolute atomic E-state index is 9.50. The summed E-state index contributed by atoms with van der Waals surface area (Å²) in [7, 11) is 0. The third-order valence-electron chi connectivity index (χ3n) is 5.00. The summed E-state index contributed by atoms with van der Waals surface area (Å²) in [5, 5.41) is 12.7. The number of fused-ring (bicyclic) bond motifs is 1. The summed E-state index contributed by atoms with van der Waals surface area (Å²) in [6.07, 6.45) is 1.70. The average Bonchev–Trinajstić information content (AvgIpc) is 3.27. The predicted molar refractivity (Wildman–Crippen MR) is 111 cm³/mol. The molecule has 0 spiro atoms. The van der Waals surface area contributed by atoms with E-state index in [1.807, 2.05) is 36.4 Å². The van der Waals surface area contributed by atoms with Gasteiger partial charge in [0.25, 0.3) is 0 Å². The molecule has 8 nitrogen and oxygen atoms in total. The van der Waals surface area contributed by atoms with Gasteiger partial charge in [0.05, 0.1) is 30.5 Å². The molecule has 1 saturated heterocycles. The Morgan fingerprint density at radius 2 is 1.87 bits per heavy atom. The first-order chi connectivity index (χ1) is 14.8. The predicted octanol–water partition coefficient (Wildman–Crippen LogP) is 3.32. The Balaban J connectivity index is 1.44. The van der Waals surface area contributed by atoms with E-state index in [0.29, 0.717) is 30.5 Å². The van der Waals surface area contributed by atoms with Gasteiger partial charge in [-0.3, -0.25) is 0 Å². The number of nitrogens with zero attached hydrogens (tertiary/aromatic N) is 4. The van der Waals surface area contributed by atoms with Crippen LogP contribution in [0, 0.1) is 11.3 Å². The monoisotopic (exact) mass is 401 g/mol. The molecular weight excluding hydrogens is 382 g/mol. The Labute approximate surface area is 173 Å². The molecule has 5 rings (SSSR count). The van der Waals surface area contributed by atoms with Crippen LogP contribution in [-0.4, -0.2) is 43.1 Å². The van der Waals surface area contributed by atoms with E-state index in [9.17, 15) is 5.26 Å². The van der Waals surface area contributed by atoms with Gasteiger partial charge in [-0.1, -0.05) is 0 Å². The lowest BCUT2D eigenvalue weighted by atomic mass is 10.1. The number of aromatic nitrogens is 2. The number of benzene rings is 2. The van der Waals surface area contributed by atoms with Gasteiger partial charge in [0.2, 0.25) is 12.7 Å². The number of nitriles is 1. The minimum Gasteiger partial charge on any atom is -0.454 e. The molecule has 1 aromatic heterocycles. The van der Waals surface area contributed by atoms with E-state index < -0.39 is 0 Å². The fourth-order valence-corrected chi connectivity index (χ4v) is 3.51. The van der Waals surface area contributed by atoms with Gasteiger partial charge >= 0.3 is 0 Å². The highest BCUT2D eigenvalue weighted by Crippen LogP contribution is 2.35. The third kappa shape index (κ3) is 3.71. The maximum atomic E-state index is 9.50. The van der Waals surface area contributed by atoms with Crippen molar-refractivity contribution in [1.29, 1.82) is 5.26 Å². The second kappa shape index (κ2) is 7.89. The van der Waals surface area contributed by atoms with Gasteiger partial charge < -0.3 is 24.4 Å². The number of anilines is 3. The van der Waals surface area contributed by atoms with E-state index in [1.165, 1.54) is 0 Å². The molecule has 2 aromatic carbocycles. The Bertz CT molecular complexity index is 1120. The van der Waals surface area contributed by atoms with Crippen LogP contribution in [0.4, 0.5) is 17.3 Å². The van der Waals surface area contributed by atoms with Crippen LogP contribution >= 0.6 is 0 Å². The standard InChI is InChI=1S/C22H19N5O3/c23-13-15-9-16(11-18(10-15)27-5-7-28-8-6-27)19-3-4-24-22(26-19)25-17-1-2-20-21(12-17)30-14-29-20/h1-4,9-12H,5-8,14H2,(H,24,25,26). The molecule has 2 aliphatic rings. The Hall–Kier alpha value is -3.83. The van der Waals surface area contributed by atoms with E-state index >= 15 is 0 Å². The lowest BCUT2D eigenvalue weighted by Gasteiger charge is -2.29. The van der Waals surface area contributed by atoms with Gasteiger partial charge in [0.1, 0.15) is 0 Å². The van der Waals surface area contributed by atoms with Crippen molar-refractivity contribution in [3.8, 4) is 28.8 Å². The van der Waals surface area contributed by atoms with Crippen molar-refractivity contribution in [3.05, 3.63) is 54.2 Å². The molecular formula is C22H19N5O3. The molecule has 0 radical (unpaired) electrons. The van der Waals surface area contributed by atoms with Crippen molar-refractivity contribution in [2.75, 3.05) is 43.3 Å². The fraction of sp³-hybridized carbons (Fsp3) is 0.227. The largest absolute Gasteiger partial charge is 0.454 e. The molecule has 0 atom stereocenters. The molecule has 30 heavy (non-hydrogen) atoms. The second-order valence-corrected chi connectivity index (χ2v) is 6.94. The van der Waals surface area contributed by atoms with Crippen LogP contribution in [-0.2, 0) is 4.74 Å². The van der Waals surface area contributed by atoms with Crippen LogP contribution in [0.3, 0.4) is 0 Å². The van der Waals surface area contributed by atoms with Crippen molar-refractivity contribution >= 4 is 17.3 Å². The Morgan fingerprint density at radius 3 is 2.73 bits per heavy atom. The second-order valence-electron chi connectivity index (χ2n) is 6.94. The highest BCUT2D eigenvalue weighted by atomic mass is 16.7. The summed E-state index contributed by atoms with van der Waals surface area (Å²) in [6.45, 7) is 3.20. The highest BCUT2D eigenvalue weighted by molar-refractivity contribution is 5.70. The molecule has 2 aliphatic heterocycles. The number of morpholine rings is 1. The average molecular weight is 401 g/mol. The van der Waals surface area contributed by atoms with E-state index in [-0.39, 0.29) is 6.79 Å². The van der Waals surface area contributed by atoms with Gasteiger partial charge in [-0.25, -0.2) is 9.97 Å². The number of nitrogens with one attached hydrogen (secondary N) is 1. The molecule has 3 aromatic rings. The number of rotatable bonds is 4. The molecule has 150 valence electrons. The topological polar surface area (TPSA) is 92.5 Å². The maximum Gasteiger partial charge on any atom is 0.231 e. The van der Waals surface area contributed by atoms with Crippen molar-refractivity contribution < 1.29 is 14.2 Å². The minimum absolute atomic E-state index is 0.228. The minimum atomic E-state index is 0.228. The molecule has 3 heterocycles. The Kier molecular flexibility index (Phi) is 4.79. The lowest BCUT2D eigenvalue weighted by molar-refractivity contribution is 0.122. The zero-order valence-electron chi connectivity index (χ0n) is 16.2. The summed E-state index contributed by atoms with van der Waals surface area (Å²) in [6, 6.07) is 15.5. The molecule has 1 N–H and O–H groups in total. The van der Waals surface area contributed by atoms with Gasteiger partial charge in [0.15, 0.2) is 11.5 Å². The van der Waals surface area contributed by atoms with E-state index in [0.717, 1.165) is 41.5 Å². The van der Waals surface area contributed by atoms with Crippen LogP contribution in [0.25, 0.3) is 11.3 Å². The summed E-state index contributed by atoms with van der Waals surface area (Å²) in [4.78, 5) is 11.2.